The molecule has 1 aromatic rings. The molecule has 0 aromatic heterocycles. The van der Waals surface area contributed by atoms with E-state index in [1.807, 2.05) is 12.1 Å². The third-order valence-electron chi connectivity index (χ3n) is 3.57. The molecule has 1 saturated heterocycles. The van der Waals surface area contributed by atoms with Gasteiger partial charge in [-0.1, -0.05) is 18.2 Å². The molecule has 1 unspecified atom stereocenters. The van der Waals surface area contributed by atoms with Crippen molar-refractivity contribution in [2.24, 2.45) is 0 Å². The molecule has 1 heterocycles. The van der Waals surface area contributed by atoms with Crippen LogP contribution >= 0.6 is 0 Å². The first-order valence-electron chi connectivity index (χ1n) is 6.47. The number of halogens is 1. The zero-order chi connectivity index (χ0) is 13.4. The van der Waals surface area contributed by atoms with Gasteiger partial charge in [-0.2, -0.15) is 0 Å². The molecule has 1 atom stereocenters. The molecule has 3 heteroatoms. The highest BCUT2D eigenvalue weighted by molar-refractivity contribution is 5.17. The average molecular weight is 251 g/mol. The van der Waals surface area contributed by atoms with Crippen molar-refractivity contribution in [3.63, 3.8) is 0 Å². The first kappa shape index (κ1) is 13.5. The van der Waals surface area contributed by atoms with Crippen LogP contribution in [0.1, 0.15) is 39.7 Å². The van der Waals surface area contributed by atoms with E-state index >= 15 is 0 Å². The van der Waals surface area contributed by atoms with Gasteiger partial charge in [0.2, 0.25) is 0 Å². The number of hydrogen-bond donors (Lipinski definition) is 1. The number of hydrogen-bond acceptors (Lipinski definition) is 2. The molecule has 0 bridgehead atoms. The van der Waals surface area contributed by atoms with Crippen LogP contribution in [0.3, 0.4) is 0 Å². The minimum Gasteiger partial charge on any atom is -0.368 e. The lowest BCUT2D eigenvalue weighted by molar-refractivity contribution is -0.0699. The van der Waals surface area contributed by atoms with Gasteiger partial charge in [0, 0.05) is 18.2 Å². The lowest BCUT2D eigenvalue weighted by Gasteiger charge is -2.28. The largest absolute Gasteiger partial charge is 0.368 e. The van der Waals surface area contributed by atoms with E-state index in [0.29, 0.717) is 12.1 Å². The predicted octanol–water partition coefficient (Wildman–Crippen LogP) is 3.26. The highest BCUT2D eigenvalue weighted by atomic mass is 19.1. The van der Waals surface area contributed by atoms with Gasteiger partial charge in [0.1, 0.15) is 5.82 Å². The summed E-state index contributed by atoms with van der Waals surface area (Å²) in [5, 5.41) is 3.42. The molecule has 100 valence electrons. The molecule has 1 fully saturated rings. The molecule has 0 amide bonds. The minimum absolute atomic E-state index is 0.115. The number of rotatable bonds is 3. The minimum atomic E-state index is -0.214. The van der Waals surface area contributed by atoms with Gasteiger partial charge in [-0.3, -0.25) is 0 Å². The standard InChI is InChI=1S/C15H22FNO/c1-14(2)9-13(15(3,4)18-14)17-10-11-7-5-6-8-12(11)16/h5-8,13,17H,9-10H2,1-4H3. The van der Waals surface area contributed by atoms with Crippen molar-refractivity contribution in [1.29, 1.82) is 0 Å². The Morgan fingerprint density at radius 1 is 1.28 bits per heavy atom. The maximum absolute atomic E-state index is 13.5. The normalized spacial score (nSPS) is 25.3. The van der Waals surface area contributed by atoms with Crippen molar-refractivity contribution < 1.29 is 9.13 Å². The summed E-state index contributed by atoms with van der Waals surface area (Å²) in [6.07, 6.45) is 0.939. The summed E-state index contributed by atoms with van der Waals surface area (Å²) in [5.41, 5.74) is 0.378. The van der Waals surface area contributed by atoms with Gasteiger partial charge in [0.25, 0.3) is 0 Å². The Balaban J connectivity index is 2.01. The maximum atomic E-state index is 13.5. The second-order valence-corrected chi connectivity index (χ2v) is 6.19. The average Bonchev–Trinajstić information content (AvgIpc) is 2.45. The van der Waals surface area contributed by atoms with Crippen molar-refractivity contribution in [3.05, 3.63) is 35.6 Å². The number of ether oxygens (including phenoxy) is 1. The lowest BCUT2D eigenvalue weighted by atomic mass is 9.94. The van der Waals surface area contributed by atoms with E-state index in [-0.39, 0.29) is 23.1 Å². The Hall–Kier alpha value is -0.930. The predicted molar refractivity (Wildman–Crippen MR) is 70.9 cm³/mol. The Bertz CT molecular complexity index is 428. The monoisotopic (exact) mass is 251 g/mol. The Kier molecular flexibility index (Phi) is 3.47. The molecule has 0 aliphatic carbocycles. The molecule has 1 aromatic carbocycles. The zero-order valence-electron chi connectivity index (χ0n) is 11.6. The van der Waals surface area contributed by atoms with Crippen LogP contribution < -0.4 is 5.32 Å². The molecule has 2 nitrogen and oxygen atoms in total. The van der Waals surface area contributed by atoms with Gasteiger partial charge in [-0.15, -0.1) is 0 Å². The van der Waals surface area contributed by atoms with E-state index in [2.05, 4.69) is 33.0 Å². The molecule has 0 saturated carbocycles. The van der Waals surface area contributed by atoms with Gasteiger partial charge in [0.15, 0.2) is 0 Å². The molecular weight excluding hydrogens is 229 g/mol. The lowest BCUT2D eigenvalue weighted by Crippen LogP contribution is -2.43. The van der Waals surface area contributed by atoms with Crippen LogP contribution in [0.2, 0.25) is 0 Å². The van der Waals surface area contributed by atoms with Crippen LogP contribution in [0, 0.1) is 5.82 Å². The van der Waals surface area contributed by atoms with Crippen molar-refractivity contribution >= 4 is 0 Å². The van der Waals surface area contributed by atoms with E-state index in [9.17, 15) is 4.39 Å². The summed E-state index contributed by atoms with van der Waals surface area (Å²) in [6.45, 7) is 8.90. The van der Waals surface area contributed by atoms with Gasteiger partial charge < -0.3 is 10.1 Å². The fraction of sp³-hybridized carbons (Fsp3) is 0.600. The summed E-state index contributed by atoms with van der Waals surface area (Å²) in [5.74, 6) is -0.152. The maximum Gasteiger partial charge on any atom is 0.127 e. The summed E-state index contributed by atoms with van der Waals surface area (Å²) < 4.78 is 19.5. The quantitative estimate of drug-likeness (QED) is 0.890. The van der Waals surface area contributed by atoms with Crippen LogP contribution in [0.25, 0.3) is 0 Å². The van der Waals surface area contributed by atoms with Crippen molar-refractivity contribution in [1.82, 2.24) is 5.32 Å². The van der Waals surface area contributed by atoms with E-state index in [0.717, 1.165) is 6.42 Å². The zero-order valence-corrected chi connectivity index (χ0v) is 11.6. The van der Waals surface area contributed by atoms with Gasteiger partial charge in [-0.05, 0) is 40.2 Å². The molecule has 0 spiro atoms. The first-order valence-corrected chi connectivity index (χ1v) is 6.47. The van der Waals surface area contributed by atoms with Gasteiger partial charge >= 0.3 is 0 Å². The second-order valence-electron chi connectivity index (χ2n) is 6.19. The molecule has 1 aliphatic heterocycles. The first-order chi connectivity index (χ1) is 8.30. The van der Waals surface area contributed by atoms with Crippen LogP contribution in [0.15, 0.2) is 24.3 Å². The SMILES string of the molecule is CC1(C)CC(NCc2ccccc2F)C(C)(C)O1. The summed E-state index contributed by atoms with van der Waals surface area (Å²) in [4.78, 5) is 0. The summed E-state index contributed by atoms with van der Waals surface area (Å²) >= 11 is 0. The smallest absolute Gasteiger partial charge is 0.127 e. The topological polar surface area (TPSA) is 21.3 Å². The molecular formula is C15H22FNO. The van der Waals surface area contributed by atoms with Crippen molar-refractivity contribution in [3.8, 4) is 0 Å². The fourth-order valence-electron chi connectivity index (χ4n) is 2.76. The Morgan fingerprint density at radius 2 is 1.94 bits per heavy atom. The molecule has 1 aliphatic rings. The van der Waals surface area contributed by atoms with Crippen LogP contribution in [-0.4, -0.2) is 17.2 Å². The fourth-order valence-corrected chi connectivity index (χ4v) is 2.76. The van der Waals surface area contributed by atoms with E-state index in [1.54, 1.807) is 6.07 Å². The Morgan fingerprint density at radius 3 is 2.50 bits per heavy atom. The number of benzene rings is 1. The van der Waals surface area contributed by atoms with Crippen molar-refractivity contribution in [2.45, 2.75) is 57.9 Å². The Labute approximate surface area is 109 Å². The van der Waals surface area contributed by atoms with Gasteiger partial charge in [0.05, 0.1) is 11.2 Å². The van der Waals surface area contributed by atoms with E-state index in [4.69, 9.17) is 4.74 Å². The molecule has 2 rings (SSSR count). The summed E-state index contributed by atoms with van der Waals surface area (Å²) in [7, 11) is 0. The van der Waals surface area contributed by atoms with Crippen molar-refractivity contribution in [2.75, 3.05) is 0 Å². The highest BCUT2D eigenvalue weighted by Crippen LogP contribution is 2.37. The van der Waals surface area contributed by atoms with Crippen LogP contribution in [-0.2, 0) is 11.3 Å². The molecule has 0 radical (unpaired) electrons. The van der Waals surface area contributed by atoms with Crippen LogP contribution in [0.4, 0.5) is 4.39 Å². The second kappa shape index (κ2) is 4.63. The van der Waals surface area contributed by atoms with Gasteiger partial charge in [-0.25, -0.2) is 4.39 Å². The highest BCUT2D eigenvalue weighted by Gasteiger charge is 2.45. The molecule has 1 N–H and O–H groups in total. The molecule has 18 heavy (non-hydrogen) atoms. The summed E-state index contributed by atoms with van der Waals surface area (Å²) in [6, 6.07) is 7.13. The number of nitrogens with one attached hydrogen (secondary N) is 1. The van der Waals surface area contributed by atoms with E-state index < -0.39 is 0 Å². The third kappa shape index (κ3) is 2.90. The third-order valence-corrected chi connectivity index (χ3v) is 3.57. The van der Waals surface area contributed by atoms with E-state index in [1.165, 1.54) is 6.07 Å². The van der Waals surface area contributed by atoms with Crippen LogP contribution in [0.5, 0.6) is 0 Å².